The highest BCUT2D eigenvalue weighted by atomic mass is 19.1. The van der Waals surface area contributed by atoms with Gasteiger partial charge in [-0.1, -0.05) is 26.0 Å². The first-order chi connectivity index (χ1) is 13.6. The molecule has 5 heteroatoms. The van der Waals surface area contributed by atoms with Crippen LogP contribution in [0.3, 0.4) is 0 Å². The van der Waals surface area contributed by atoms with Gasteiger partial charge in [-0.2, -0.15) is 5.10 Å². The molecule has 1 aliphatic carbocycles. The SMILES string of the molecule is CC[C@H]1CC[C@](CC)(c2ccccn2)c2nnc(-c3c(F)cccc3F)cc21. The van der Waals surface area contributed by atoms with Crippen molar-refractivity contribution in [3.05, 3.63) is 77.2 Å². The zero-order valence-electron chi connectivity index (χ0n) is 16.1. The zero-order valence-corrected chi connectivity index (χ0v) is 16.1. The highest BCUT2D eigenvalue weighted by Crippen LogP contribution is 2.48. The van der Waals surface area contributed by atoms with E-state index in [-0.39, 0.29) is 16.7 Å². The third kappa shape index (κ3) is 2.89. The highest BCUT2D eigenvalue weighted by molar-refractivity contribution is 5.62. The maximum Gasteiger partial charge on any atom is 0.135 e. The molecule has 4 rings (SSSR count). The average molecular weight is 379 g/mol. The van der Waals surface area contributed by atoms with Crippen LogP contribution in [0.25, 0.3) is 11.3 Å². The van der Waals surface area contributed by atoms with Gasteiger partial charge < -0.3 is 0 Å². The van der Waals surface area contributed by atoms with Crippen molar-refractivity contribution in [1.82, 2.24) is 15.2 Å². The van der Waals surface area contributed by atoms with Crippen LogP contribution in [-0.4, -0.2) is 15.2 Å². The molecule has 0 amide bonds. The number of nitrogens with zero attached hydrogens (tertiary/aromatic N) is 3. The Morgan fingerprint density at radius 3 is 2.46 bits per heavy atom. The van der Waals surface area contributed by atoms with Crippen LogP contribution in [0.4, 0.5) is 8.78 Å². The smallest absolute Gasteiger partial charge is 0.135 e. The Hall–Kier alpha value is -2.69. The molecule has 0 bridgehead atoms. The number of hydrogen-bond donors (Lipinski definition) is 0. The van der Waals surface area contributed by atoms with Gasteiger partial charge >= 0.3 is 0 Å². The number of halogens is 2. The normalized spacial score (nSPS) is 21.4. The van der Waals surface area contributed by atoms with Crippen molar-refractivity contribution in [2.75, 3.05) is 0 Å². The van der Waals surface area contributed by atoms with Crippen LogP contribution in [0.2, 0.25) is 0 Å². The molecule has 2 aromatic heterocycles. The lowest BCUT2D eigenvalue weighted by molar-refractivity contribution is 0.353. The van der Waals surface area contributed by atoms with Crippen molar-refractivity contribution in [2.24, 2.45) is 0 Å². The van der Waals surface area contributed by atoms with E-state index in [0.29, 0.717) is 5.92 Å². The first kappa shape index (κ1) is 18.7. The Kier molecular flexibility index (Phi) is 4.92. The predicted molar refractivity (Wildman–Crippen MR) is 105 cm³/mol. The third-order valence-electron chi connectivity index (χ3n) is 6.11. The second kappa shape index (κ2) is 7.38. The molecule has 144 valence electrons. The molecule has 3 nitrogen and oxygen atoms in total. The van der Waals surface area contributed by atoms with E-state index in [4.69, 9.17) is 0 Å². The summed E-state index contributed by atoms with van der Waals surface area (Å²) in [6.45, 7) is 4.27. The molecule has 3 aromatic rings. The maximum absolute atomic E-state index is 14.3. The number of aromatic nitrogens is 3. The van der Waals surface area contributed by atoms with Crippen LogP contribution in [0.5, 0.6) is 0 Å². The highest BCUT2D eigenvalue weighted by Gasteiger charge is 2.42. The Labute approximate surface area is 163 Å². The van der Waals surface area contributed by atoms with E-state index in [9.17, 15) is 8.78 Å². The third-order valence-corrected chi connectivity index (χ3v) is 6.11. The molecule has 0 spiro atoms. The van der Waals surface area contributed by atoms with Crippen LogP contribution >= 0.6 is 0 Å². The van der Waals surface area contributed by atoms with Crippen molar-refractivity contribution in [1.29, 1.82) is 0 Å². The van der Waals surface area contributed by atoms with Gasteiger partial charge in [0.05, 0.1) is 28.1 Å². The summed E-state index contributed by atoms with van der Waals surface area (Å²) in [7, 11) is 0. The quantitative estimate of drug-likeness (QED) is 0.575. The second-order valence-corrected chi connectivity index (χ2v) is 7.42. The first-order valence-corrected chi connectivity index (χ1v) is 9.84. The van der Waals surface area contributed by atoms with Gasteiger partial charge in [-0.25, -0.2) is 8.78 Å². The fourth-order valence-electron chi connectivity index (χ4n) is 4.49. The number of rotatable bonds is 4. The van der Waals surface area contributed by atoms with Crippen LogP contribution in [0.1, 0.15) is 62.4 Å². The molecular weight excluding hydrogens is 356 g/mol. The summed E-state index contributed by atoms with van der Waals surface area (Å²) in [6.07, 6.45) is 5.51. The molecule has 0 N–H and O–H groups in total. The number of pyridine rings is 1. The molecule has 1 aromatic carbocycles. The molecule has 0 fully saturated rings. The number of benzene rings is 1. The molecule has 0 unspecified atom stereocenters. The van der Waals surface area contributed by atoms with E-state index in [2.05, 4.69) is 29.0 Å². The lowest BCUT2D eigenvalue weighted by Gasteiger charge is -2.39. The van der Waals surface area contributed by atoms with Crippen LogP contribution in [0, 0.1) is 11.6 Å². The molecule has 0 saturated heterocycles. The van der Waals surface area contributed by atoms with Crippen molar-refractivity contribution in [3.8, 4) is 11.3 Å². The van der Waals surface area contributed by atoms with Gasteiger partial charge in [0.1, 0.15) is 11.6 Å². The average Bonchev–Trinajstić information content (AvgIpc) is 2.73. The first-order valence-electron chi connectivity index (χ1n) is 9.84. The van der Waals surface area contributed by atoms with Gasteiger partial charge in [0, 0.05) is 6.20 Å². The standard InChI is InChI=1S/C23H23F2N3/c1-3-15-11-12-23(4-2,20-10-5-6-13-26-20)22-16(15)14-19(27-28-22)21-17(24)8-7-9-18(21)25/h5-10,13-15H,3-4,11-12H2,1-2H3/t15-,23+/m0/s1. The van der Waals surface area contributed by atoms with Gasteiger partial charge in [0.25, 0.3) is 0 Å². The van der Waals surface area contributed by atoms with E-state index >= 15 is 0 Å². The Bertz CT molecular complexity index is 970. The molecule has 0 saturated carbocycles. The fourth-order valence-corrected chi connectivity index (χ4v) is 4.49. The summed E-state index contributed by atoms with van der Waals surface area (Å²) in [5.41, 5.74) is 2.73. The van der Waals surface area contributed by atoms with Gasteiger partial charge in [0.15, 0.2) is 0 Å². The monoisotopic (exact) mass is 379 g/mol. The van der Waals surface area contributed by atoms with Gasteiger partial charge in [-0.05, 0) is 67.5 Å². The summed E-state index contributed by atoms with van der Waals surface area (Å²) < 4.78 is 28.6. The molecule has 28 heavy (non-hydrogen) atoms. The van der Waals surface area contributed by atoms with Gasteiger partial charge in [-0.3, -0.25) is 4.98 Å². The van der Waals surface area contributed by atoms with Crippen molar-refractivity contribution >= 4 is 0 Å². The van der Waals surface area contributed by atoms with Crippen molar-refractivity contribution < 1.29 is 8.78 Å². The van der Waals surface area contributed by atoms with E-state index in [1.807, 2.05) is 24.3 Å². The minimum absolute atomic E-state index is 0.113. The topological polar surface area (TPSA) is 38.7 Å². The molecule has 0 radical (unpaired) electrons. The second-order valence-electron chi connectivity index (χ2n) is 7.42. The van der Waals surface area contributed by atoms with E-state index in [0.717, 1.165) is 42.6 Å². The van der Waals surface area contributed by atoms with Crippen LogP contribution in [0.15, 0.2) is 48.7 Å². The molecule has 2 heterocycles. The minimum atomic E-state index is -0.621. The van der Waals surface area contributed by atoms with Crippen molar-refractivity contribution in [3.63, 3.8) is 0 Å². The van der Waals surface area contributed by atoms with E-state index in [1.54, 1.807) is 6.20 Å². The summed E-state index contributed by atoms with van der Waals surface area (Å²) in [5.74, 6) is -0.948. The predicted octanol–water partition coefficient (Wildman–Crippen LogP) is 5.80. The summed E-state index contributed by atoms with van der Waals surface area (Å²) in [5, 5.41) is 8.82. The summed E-state index contributed by atoms with van der Waals surface area (Å²) >= 11 is 0. The van der Waals surface area contributed by atoms with Crippen LogP contribution in [-0.2, 0) is 5.41 Å². The zero-order chi connectivity index (χ0) is 19.7. The molecule has 0 aliphatic heterocycles. The summed E-state index contributed by atoms with van der Waals surface area (Å²) in [4.78, 5) is 4.62. The van der Waals surface area contributed by atoms with E-state index < -0.39 is 11.6 Å². The van der Waals surface area contributed by atoms with E-state index in [1.165, 1.54) is 18.2 Å². The largest absolute Gasteiger partial charge is 0.260 e. The van der Waals surface area contributed by atoms with Gasteiger partial charge in [0.2, 0.25) is 0 Å². The molecular formula is C23H23F2N3. The summed E-state index contributed by atoms with van der Waals surface area (Å²) in [6, 6.07) is 11.6. The van der Waals surface area contributed by atoms with Crippen molar-refractivity contribution in [2.45, 2.75) is 50.9 Å². The number of fused-ring (bicyclic) bond motifs is 1. The maximum atomic E-state index is 14.3. The van der Waals surface area contributed by atoms with Gasteiger partial charge in [-0.15, -0.1) is 5.10 Å². The number of hydrogen-bond acceptors (Lipinski definition) is 3. The van der Waals surface area contributed by atoms with Crippen LogP contribution < -0.4 is 0 Å². The molecule has 1 aliphatic rings. The Balaban J connectivity index is 1.92. The fraction of sp³-hybridized carbons (Fsp3) is 0.348. The minimum Gasteiger partial charge on any atom is -0.260 e. The lowest BCUT2D eigenvalue weighted by Crippen LogP contribution is -2.35. The molecule has 2 atom stereocenters. The lowest BCUT2D eigenvalue weighted by atomic mass is 9.65. The Morgan fingerprint density at radius 1 is 1.04 bits per heavy atom. The Morgan fingerprint density at radius 2 is 1.82 bits per heavy atom.